The number of benzene rings is 1. The van der Waals surface area contributed by atoms with Crippen LogP contribution in [0.5, 0.6) is 0 Å². The first kappa shape index (κ1) is 80.6. The molecular formula is C64H107ClFNO27. The molecule has 0 radical (unpaired) electrons. The van der Waals surface area contributed by atoms with Crippen molar-refractivity contribution in [3.05, 3.63) is 40.2 Å². The highest BCUT2D eigenvalue weighted by molar-refractivity contribution is 6.31. The summed E-state index contributed by atoms with van der Waals surface area (Å²) in [6.45, 7) is 1.64. The first-order chi connectivity index (χ1) is 44.9. The fourth-order valence-electron chi connectivity index (χ4n) is 12.6. The molecule has 30 heteroatoms. The molecule has 28 atom stereocenters. The maximum atomic E-state index is 15.1. The SMILES string of the molecule is CCCCCCCCCCCCCCCCCC(=O)N[C@@H](CO[C@@H]1OC(CO)[C@@H](O[C@@H]2OC(CO)[C@H](O[C@@H]3OC(CO)[C@H](O)[C@H](O[C@@H]4OC(CO)[C@H](O)[C@H](O)C4O)C3C)[C@H](OC3C[C@@H](O)[C@@H](C)C([C@H](O)[C@H](O)CO)O3)C2O)[C@H](O)C1O)[C@H](O)/C=C\c1cc(C)cc(Cl)c1F. The summed E-state index contributed by atoms with van der Waals surface area (Å²) >= 11 is 6.10. The minimum atomic E-state index is -2.14. The summed E-state index contributed by atoms with van der Waals surface area (Å²) in [5.74, 6) is -3.29. The lowest BCUT2D eigenvalue weighted by Gasteiger charge is -2.51. The number of nitrogens with one attached hydrogen (secondary N) is 1. The number of aliphatic hydroxyl groups is 16. The topological polar surface area (TPSA) is 445 Å². The summed E-state index contributed by atoms with van der Waals surface area (Å²) in [4.78, 5) is 13.5. The van der Waals surface area contributed by atoms with E-state index in [1.54, 1.807) is 6.92 Å². The number of amides is 1. The van der Waals surface area contributed by atoms with Crippen molar-refractivity contribution in [1.29, 1.82) is 0 Å². The summed E-state index contributed by atoms with van der Waals surface area (Å²) in [6.07, 6.45) is -24.4. The number of hydrogen-bond acceptors (Lipinski definition) is 27. The highest BCUT2D eigenvalue weighted by atomic mass is 35.5. The number of halogens is 2. The fraction of sp³-hybridized carbons (Fsp3) is 0.859. The summed E-state index contributed by atoms with van der Waals surface area (Å²) in [5, 5.41) is 177. The van der Waals surface area contributed by atoms with E-state index < -0.39 is 223 Å². The largest absolute Gasteiger partial charge is 0.394 e. The van der Waals surface area contributed by atoms with E-state index in [9.17, 15) is 86.5 Å². The van der Waals surface area contributed by atoms with Gasteiger partial charge in [-0.3, -0.25) is 4.79 Å². The number of aryl methyl sites for hydroxylation is 1. The van der Waals surface area contributed by atoms with Crippen molar-refractivity contribution in [2.24, 2.45) is 11.8 Å². The van der Waals surface area contributed by atoms with Gasteiger partial charge in [-0.15, -0.1) is 0 Å². The molecule has 5 heterocycles. The van der Waals surface area contributed by atoms with E-state index in [0.29, 0.717) is 12.0 Å². The molecule has 28 nitrogen and oxygen atoms in total. The van der Waals surface area contributed by atoms with Gasteiger partial charge in [-0.1, -0.05) is 134 Å². The molecule has 1 aromatic carbocycles. The monoisotopic (exact) mass is 1380 g/mol. The van der Waals surface area contributed by atoms with E-state index in [-0.39, 0.29) is 23.4 Å². The molecule has 94 heavy (non-hydrogen) atoms. The zero-order valence-corrected chi connectivity index (χ0v) is 54.9. The second kappa shape index (κ2) is 40.2. The van der Waals surface area contributed by atoms with Crippen molar-refractivity contribution in [2.75, 3.05) is 39.6 Å². The molecular weight excluding hydrogens is 1270 g/mol. The van der Waals surface area contributed by atoms with Crippen molar-refractivity contribution >= 4 is 23.6 Å². The fourth-order valence-corrected chi connectivity index (χ4v) is 12.9. The van der Waals surface area contributed by atoms with Crippen molar-refractivity contribution < 1.29 is 138 Å². The van der Waals surface area contributed by atoms with Crippen LogP contribution in [0, 0.1) is 24.6 Å². The van der Waals surface area contributed by atoms with Crippen LogP contribution in [0.3, 0.4) is 0 Å². The number of aliphatic hydroxyl groups excluding tert-OH is 16. The third kappa shape index (κ3) is 22.1. The average molecular weight is 1380 g/mol. The maximum absolute atomic E-state index is 15.1. The second-order valence-electron chi connectivity index (χ2n) is 25.7. The highest BCUT2D eigenvalue weighted by Crippen LogP contribution is 2.40. The molecule has 0 bridgehead atoms. The van der Waals surface area contributed by atoms with Crippen LogP contribution < -0.4 is 5.32 Å². The Bertz CT molecular complexity index is 2360. The Hall–Kier alpha value is -2.39. The van der Waals surface area contributed by atoms with Crippen LogP contribution in [0.1, 0.15) is 141 Å². The lowest BCUT2D eigenvalue weighted by Crippen LogP contribution is -2.67. The number of carbonyl (C=O) groups excluding carboxylic acids is 1. The Labute approximate surface area is 553 Å². The molecule has 0 aliphatic carbocycles. The van der Waals surface area contributed by atoms with Crippen LogP contribution in [0.2, 0.25) is 5.02 Å². The van der Waals surface area contributed by atoms with E-state index in [4.69, 9.17) is 59.0 Å². The first-order valence-electron chi connectivity index (χ1n) is 33.4. The molecule has 10 unspecified atom stereocenters. The standard InChI is InChI=1S/C64H107ClFNO27/c1-5-6-7-8-9-10-11-12-13-14-15-16-17-18-19-20-45(76)67-37(38(73)22-21-35-23-32(2)24-36(65)47(35)66)31-85-62-54(83)52(81)58(43(29-71)88-62)93-64-55(84)60(91-46-25-39(74)33(3)56(90-46)48(77)40(75)26-68)59(44(30-72)89-64)94-61-34(4)57(50(79)42(28-70)86-61)92-63-53(82)51(80)49(78)41(27-69)87-63/h21-24,33-34,37-44,46,48-64,68-75,77-84H,5-20,25-31H2,1-4H3,(H,67,76)/b22-21-/t33-,34?,37+,38-,39-,40-,41?,42?,43?,44?,46?,48-,49+,50+,51+,52-,53?,54?,55?,56?,57-,58-,59+,60-,61+,62-,63+,64+/m1/s1. The van der Waals surface area contributed by atoms with Crippen molar-refractivity contribution in [1.82, 2.24) is 5.32 Å². The Morgan fingerprint density at radius 1 is 0.596 bits per heavy atom. The second-order valence-corrected chi connectivity index (χ2v) is 26.1. The molecule has 0 aromatic heterocycles. The minimum Gasteiger partial charge on any atom is -0.394 e. The molecule has 5 aliphatic heterocycles. The predicted molar refractivity (Wildman–Crippen MR) is 330 cm³/mol. The molecule has 544 valence electrons. The smallest absolute Gasteiger partial charge is 0.220 e. The lowest BCUT2D eigenvalue weighted by molar-refractivity contribution is -0.396. The van der Waals surface area contributed by atoms with E-state index in [1.807, 2.05) is 0 Å². The van der Waals surface area contributed by atoms with Crippen LogP contribution in [0.4, 0.5) is 4.39 Å². The van der Waals surface area contributed by atoms with Crippen LogP contribution >= 0.6 is 11.6 Å². The van der Waals surface area contributed by atoms with Crippen LogP contribution in [0.25, 0.3) is 6.08 Å². The molecule has 1 aromatic rings. The van der Waals surface area contributed by atoms with Gasteiger partial charge in [-0.2, -0.15) is 0 Å². The van der Waals surface area contributed by atoms with Gasteiger partial charge >= 0.3 is 0 Å². The van der Waals surface area contributed by atoms with Crippen LogP contribution in [0.15, 0.2) is 18.2 Å². The highest BCUT2D eigenvalue weighted by Gasteiger charge is 2.57. The molecule has 17 N–H and O–H groups in total. The quantitative estimate of drug-likeness (QED) is 0.0365. The Balaban J connectivity index is 1.16. The Kier molecular flexibility index (Phi) is 34.4. The maximum Gasteiger partial charge on any atom is 0.220 e. The van der Waals surface area contributed by atoms with Gasteiger partial charge in [0.1, 0.15) is 103 Å². The molecule has 5 fully saturated rings. The lowest BCUT2D eigenvalue weighted by atomic mass is 9.87. The van der Waals surface area contributed by atoms with E-state index in [1.165, 1.54) is 95.9 Å². The van der Waals surface area contributed by atoms with Gasteiger partial charge in [0, 0.05) is 30.2 Å². The summed E-state index contributed by atoms with van der Waals surface area (Å²) < 4.78 is 75.5. The van der Waals surface area contributed by atoms with Crippen molar-refractivity contribution in [3.8, 4) is 0 Å². The van der Waals surface area contributed by atoms with Gasteiger partial charge in [0.2, 0.25) is 5.91 Å². The van der Waals surface area contributed by atoms with E-state index >= 15 is 4.39 Å². The summed E-state index contributed by atoms with van der Waals surface area (Å²) in [7, 11) is 0. The Morgan fingerprint density at radius 3 is 1.70 bits per heavy atom. The zero-order valence-electron chi connectivity index (χ0n) is 54.1. The Morgan fingerprint density at radius 2 is 1.11 bits per heavy atom. The molecule has 0 saturated carbocycles. The third-order valence-electron chi connectivity index (χ3n) is 18.5. The molecule has 0 spiro atoms. The third-order valence-corrected chi connectivity index (χ3v) is 18.7. The predicted octanol–water partition coefficient (Wildman–Crippen LogP) is -0.677. The van der Waals surface area contributed by atoms with Crippen LogP contribution in [-0.4, -0.2) is 287 Å². The van der Waals surface area contributed by atoms with E-state index in [0.717, 1.165) is 32.1 Å². The summed E-state index contributed by atoms with van der Waals surface area (Å²) in [6, 6.07) is 1.65. The van der Waals surface area contributed by atoms with E-state index in [2.05, 4.69) is 12.2 Å². The number of ether oxygens (including phenoxy) is 10. The van der Waals surface area contributed by atoms with Gasteiger partial charge in [-0.25, -0.2) is 4.39 Å². The van der Waals surface area contributed by atoms with Crippen molar-refractivity contribution in [2.45, 2.75) is 296 Å². The van der Waals surface area contributed by atoms with Gasteiger partial charge in [0.25, 0.3) is 0 Å². The first-order valence-corrected chi connectivity index (χ1v) is 33.8. The summed E-state index contributed by atoms with van der Waals surface area (Å²) in [5.41, 5.74) is 0.666. The minimum absolute atomic E-state index is 0.0393. The number of hydrogen-bond donors (Lipinski definition) is 17. The average Bonchev–Trinajstić information content (AvgIpc) is 0.848. The van der Waals surface area contributed by atoms with Gasteiger partial charge in [-0.05, 0) is 31.0 Å². The molecule has 5 aliphatic rings. The zero-order chi connectivity index (χ0) is 68.9. The molecule has 6 rings (SSSR count). The van der Waals surface area contributed by atoms with Crippen LogP contribution in [-0.2, 0) is 52.2 Å². The van der Waals surface area contributed by atoms with Gasteiger partial charge < -0.3 is 134 Å². The normalized spacial score (nSPS) is 37.1. The van der Waals surface area contributed by atoms with Gasteiger partial charge in [0.05, 0.1) is 75.1 Å². The molecule has 1 amide bonds. The number of carbonyl (C=O) groups is 1. The number of unbranched alkanes of at least 4 members (excludes halogenated alkanes) is 14. The van der Waals surface area contributed by atoms with Gasteiger partial charge in [0.15, 0.2) is 31.5 Å². The molecule has 5 saturated heterocycles. The van der Waals surface area contributed by atoms with Crippen molar-refractivity contribution in [3.63, 3.8) is 0 Å². The number of rotatable bonds is 38.